The van der Waals surface area contributed by atoms with Crippen LogP contribution in [0, 0.1) is 5.41 Å². The molecule has 1 amide bonds. The fourth-order valence-electron chi connectivity index (χ4n) is 5.92. The van der Waals surface area contributed by atoms with E-state index < -0.39 is 0 Å². The topological polar surface area (TPSA) is 84.2 Å². The highest BCUT2D eigenvalue weighted by atomic mass is 35.5. The van der Waals surface area contributed by atoms with Crippen molar-refractivity contribution in [2.75, 3.05) is 26.2 Å². The van der Waals surface area contributed by atoms with E-state index >= 15 is 0 Å². The number of thiophene rings is 1. The van der Waals surface area contributed by atoms with Crippen LogP contribution < -0.4 is 0 Å². The van der Waals surface area contributed by atoms with E-state index in [1.54, 1.807) is 41.0 Å². The Bertz CT molecular complexity index is 1310. The molecule has 8 nitrogen and oxygen atoms in total. The highest BCUT2D eigenvalue weighted by molar-refractivity contribution is 7.10. The Morgan fingerprint density at radius 2 is 1.56 bits per heavy atom. The lowest BCUT2D eigenvalue weighted by Gasteiger charge is -2.39. The van der Waals surface area contributed by atoms with E-state index in [0.717, 1.165) is 55.9 Å². The van der Waals surface area contributed by atoms with Gasteiger partial charge in [-0.1, -0.05) is 23.7 Å². The van der Waals surface area contributed by atoms with Gasteiger partial charge in [-0.15, -0.1) is 11.3 Å². The van der Waals surface area contributed by atoms with Gasteiger partial charge >= 0.3 is 0 Å². The molecule has 0 atom stereocenters. The number of hydrogen-bond acceptors (Lipinski definition) is 6. The molecule has 6 rings (SSSR count). The quantitative estimate of drug-likeness (QED) is 0.293. The van der Waals surface area contributed by atoms with Crippen LogP contribution in [0.5, 0.6) is 0 Å². The minimum absolute atomic E-state index is 0.0370. The number of carbonyl (C=O) groups is 1. The van der Waals surface area contributed by atoms with Crippen molar-refractivity contribution in [2.45, 2.75) is 45.4 Å². The average Bonchev–Trinajstić information content (AvgIpc) is 3.77. The van der Waals surface area contributed by atoms with Crippen molar-refractivity contribution in [1.82, 2.24) is 34.6 Å². The minimum atomic E-state index is -0.0370. The first kappa shape index (κ1) is 26.3. The van der Waals surface area contributed by atoms with Gasteiger partial charge in [0.05, 0.1) is 18.1 Å². The van der Waals surface area contributed by atoms with Crippen LogP contribution in [0.1, 0.15) is 51.7 Å². The lowest BCUT2D eigenvalue weighted by atomic mass is 9.78. The van der Waals surface area contributed by atoms with Crippen molar-refractivity contribution in [3.05, 3.63) is 93.2 Å². The van der Waals surface area contributed by atoms with E-state index in [2.05, 4.69) is 47.2 Å². The summed E-state index contributed by atoms with van der Waals surface area (Å²) in [6.45, 7) is 7.26. The Balaban J connectivity index is 1.03. The van der Waals surface area contributed by atoms with Crippen LogP contribution in [0.2, 0.25) is 5.02 Å². The van der Waals surface area contributed by atoms with Crippen LogP contribution in [-0.4, -0.2) is 66.7 Å². The molecule has 5 heterocycles. The number of benzene rings is 1. The summed E-state index contributed by atoms with van der Waals surface area (Å²) in [6.07, 6.45) is 10.7. The molecule has 1 aromatic carbocycles. The predicted molar refractivity (Wildman–Crippen MR) is 153 cm³/mol. The van der Waals surface area contributed by atoms with E-state index in [-0.39, 0.29) is 5.91 Å². The average molecular weight is 564 g/mol. The number of nitrogens with one attached hydrogen (secondary N) is 2. The number of likely N-dealkylation sites (tertiary alicyclic amines) is 2. The van der Waals surface area contributed by atoms with Gasteiger partial charge in [-0.05, 0) is 73.5 Å². The number of aromatic amines is 2. The molecule has 3 aromatic heterocycles. The summed E-state index contributed by atoms with van der Waals surface area (Å²) in [6, 6.07) is 10.1. The first-order valence-corrected chi connectivity index (χ1v) is 14.8. The molecule has 2 N–H and O–H groups in total. The molecule has 0 bridgehead atoms. The van der Waals surface area contributed by atoms with Crippen molar-refractivity contribution in [3.8, 4) is 0 Å². The molecule has 0 saturated carbocycles. The molecular formula is C29H34ClN7OS. The Hall–Kier alpha value is -2.98. The maximum Gasteiger partial charge on any atom is 0.254 e. The third-order valence-corrected chi connectivity index (χ3v) is 9.55. The van der Waals surface area contributed by atoms with Crippen LogP contribution in [0.25, 0.3) is 0 Å². The van der Waals surface area contributed by atoms with Crippen molar-refractivity contribution < 1.29 is 4.79 Å². The van der Waals surface area contributed by atoms with Gasteiger partial charge in [-0.2, -0.15) is 0 Å². The van der Waals surface area contributed by atoms with Crippen LogP contribution in [0.4, 0.5) is 0 Å². The van der Waals surface area contributed by atoms with Crippen molar-refractivity contribution in [1.29, 1.82) is 0 Å². The zero-order chi connectivity index (χ0) is 26.7. The molecule has 2 aliphatic rings. The largest absolute Gasteiger partial charge is 0.347 e. The van der Waals surface area contributed by atoms with Crippen molar-refractivity contribution in [2.24, 2.45) is 5.41 Å². The van der Waals surface area contributed by atoms with Gasteiger partial charge in [-0.25, -0.2) is 9.97 Å². The Morgan fingerprint density at radius 1 is 0.923 bits per heavy atom. The van der Waals surface area contributed by atoms with E-state index in [4.69, 9.17) is 11.6 Å². The number of nitrogens with zero attached hydrogens (tertiary/aromatic N) is 5. The van der Waals surface area contributed by atoms with Crippen LogP contribution in [-0.2, 0) is 26.2 Å². The first-order valence-electron chi connectivity index (χ1n) is 13.6. The number of rotatable bonds is 9. The first-order chi connectivity index (χ1) is 19.1. The second-order valence-electron chi connectivity index (χ2n) is 10.9. The van der Waals surface area contributed by atoms with Gasteiger partial charge in [0.1, 0.15) is 11.6 Å². The van der Waals surface area contributed by atoms with E-state index in [9.17, 15) is 4.79 Å². The van der Waals surface area contributed by atoms with Gasteiger partial charge in [0, 0.05) is 54.9 Å². The van der Waals surface area contributed by atoms with Gasteiger partial charge < -0.3 is 14.9 Å². The zero-order valence-corrected chi connectivity index (χ0v) is 23.6. The summed E-state index contributed by atoms with van der Waals surface area (Å²) in [5.74, 6) is 1.45. The summed E-state index contributed by atoms with van der Waals surface area (Å²) >= 11 is 8.08. The van der Waals surface area contributed by atoms with Gasteiger partial charge in [0.2, 0.25) is 0 Å². The van der Waals surface area contributed by atoms with Crippen molar-refractivity contribution in [3.63, 3.8) is 0 Å². The maximum absolute atomic E-state index is 13.4. The molecule has 2 saturated heterocycles. The molecule has 2 fully saturated rings. The summed E-state index contributed by atoms with van der Waals surface area (Å²) in [7, 11) is 0. The molecule has 204 valence electrons. The monoisotopic (exact) mass is 563 g/mol. The molecule has 10 heteroatoms. The standard InChI is InChI=1S/C29H34ClN7OS/c30-24-5-16-39-25(24)18-35-13-6-29(7-14-35)8-15-36(21-29)17-22-1-3-23(4-2-22)28(38)37(19-26-31-9-10-32-26)20-27-33-11-12-34-27/h1-5,9-12,16H,6-8,13-15,17-21H2,(H,31,32)(H,33,34). The molecule has 2 aliphatic heterocycles. The van der Waals surface area contributed by atoms with Crippen molar-refractivity contribution >= 4 is 28.8 Å². The number of carbonyl (C=O) groups excluding carboxylic acids is 1. The number of aromatic nitrogens is 4. The number of hydrogen-bond donors (Lipinski definition) is 2. The normalized spacial score (nSPS) is 17.7. The molecule has 39 heavy (non-hydrogen) atoms. The zero-order valence-electron chi connectivity index (χ0n) is 22.0. The number of H-pyrrole nitrogens is 2. The van der Waals surface area contributed by atoms with E-state index in [1.807, 2.05) is 18.2 Å². The molecule has 0 aliphatic carbocycles. The summed E-state index contributed by atoms with van der Waals surface area (Å²) in [5, 5.41) is 2.99. The maximum atomic E-state index is 13.4. The highest BCUT2D eigenvalue weighted by Crippen LogP contribution is 2.41. The predicted octanol–water partition coefficient (Wildman–Crippen LogP) is 5.18. The summed E-state index contributed by atoms with van der Waals surface area (Å²) in [4.78, 5) is 36.4. The second kappa shape index (κ2) is 11.6. The Kier molecular flexibility index (Phi) is 7.83. The van der Waals surface area contributed by atoms with E-state index in [0.29, 0.717) is 24.1 Å². The molecule has 4 aromatic rings. The lowest BCUT2D eigenvalue weighted by molar-refractivity contribution is 0.0721. The molecule has 1 spiro atoms. The number of halogens is 1. The van der Waals surface area contributed by atoms with Crippen LogP contribution in [0.15, 0.2) is 60.5 Å². The second-order valence-corrected chi connectivity index (χ2v) is 12.3. The summed E-state index contributed by atoms with van der Waals surface area (Å²) < 4.78 is 0. The number of imidazole rings is 2. The summed E-state index contributed by atoms with van der Waals surface area (Å²) in [5.41, 5.74) is 2.36. The lowest BCUT2D eigenvalue weighted by Crippen LogP contribution is -2.41. The van der Waals surface area contributed by atoms with Gasteiger partial charge in [-0.3, -0.25) is 14.6 Å². The third-order valence-electron chi connectivity index (χ3n) is 8.18. The molecule has 0 unspecified atom stereocenters. The third kappa shape index (κ3) is 6.27. The van der Waals surface area contributed by atoms with Crippen LogP contribution in [0.3, 0.4) is 0 Å². The Morgan fingerprint density at radius 3 is 2.13 bits per heavy atom. The number of piperidine rings is 1. The molecular weight excluding hydrogens is 530 g/mol. The Labute approximate surface area is 238 Å². The smallest absolute Gasteiger partial charge is 0.254 e. The SMILES string of the molecule is O=C(c1ccc(CN2CCC3(CCN(Cc4sccc4Cl)CC3)C2)cc1)N(Cc1ncc[nH]1)Cc1ncc[nH]1. The van der Waals surface area contributed by atoms with E-state index in [1.165, 1.54) is 29.7 Å². The van der Waals surface area contributed by atoms with Gasteiger partial charge in [0.25, 0.3) is 5.91 Å². The minimum Gasteiger partial charge on any atom is -0.347 e. The number of amides is 1. The fraction of sp³-hybridized carbons (Fsp3) is 0.414. The van der Waals surface area contributed by atoms with Crippen LogP contribution >= 0.6 is 22.9 Å². The molecule has 0 radical (unpaired) electrons. The fourth-order valence-corrected chi connectivity index (χ4v) is 7.06. The highest BCUT2D eigenvalue weighted by Gasteiger charge is 2.40. The van der Waals surface area contributed by atoms with Gasteiger partial charge in [0.15, 0.2) is 0 Å².